The van der Waals surface area contributed by atoms with Crippen LogP contribution in [0.3, 0.4) is 0 Å². The van der Waals surface area contributed by atoms with Crippen LogP contribution in [0.5, 0.6) is 0 Å². The van der Waals surface area contributed by atoms with E-state index in [1.807, 2.05) is 0 Å². The van der Waals surface area contributed by atoms with Crippen molar-refractivity contribution in [1.29, 1.82) is 0 Å². The molecule has 0 amide bonds. The van der Waals surface area contributed by atoms with Gasteiger partial charge in [0.25, 0.3) is 0 Å². The molecule has 0 unspecified atom stereocenters. The fourth-order valence-corrected chi connectivity index (χ4v) is 10.4. The van der Waals surface area contributed by atoms with Gasteiger partial charge in [0.1, 0.15) is 0 Å². The molecule has 9 rings (SSSR count). The minimum absolute atomic E-state index is 0.0437. The molecule has 56 heavy (non-hydrogen) atoms. The van der Waals surface area contributed by atoms with Crippen LogP contribution in [0.25, 0.3) is 65.7 Å². The third-order valence-electron chi connectivity index (χ3n) is 11.2. The lowest BCUT2D eigenvalue weighted by Gasteiger charge is -2.32. The minimum Gasteiger partial charge on any atom is -0.407 e. The molecule has 0 N–H and O–H groups in total. The standard InChI is InChI=1S/C52H46NO2P/c1-33-25-34(2)28-43(27-33)47-31-41-21-13-15-23-45(41)49-50-46-24-16-14-22-42(46)32-48(44-29-35(3)26-36(4)30-44)52(50)55-56(54-51(47)49)53(37(5)39-17-9-7-10-18-39)38(6)40-19-11-8-12-20-40/h7-32,37-38H,1-6H3/t37-,38-/m0/s1. The molecule has 1 aromatic heterocycles. The van der Waals surface area contributed by atoms with E-state index in [0.717, 1.165) is 65.7 Å². The Kier molecular flexibility index (Phi) is 9.38. The first kappa shape index (κ1) is 35.8. The maximum atomic E-state index is 7.72. The molecule has 1 heterocycles. The molecule has 2 atom stereocenters. The monoisotopic (exact) mass is 747 g/mol. The zero-order valence-electron chi connectivity index (χ0n) is 32.9. The maximum absolute atomic E-state index is 7.72. The lowest BCUT2D eigenvalue weighted by atomic mass is 9.90. The van der Waals surface area contributed by atoms with E-state index in [0.29, 0.717) is 0 Å². The molecule has 3 nitrogen and oxygen atoms in total. The lowest BCUT2D eigenvalue weighted by molar-refractivity contribution is 0.559. The summed E-state index contributed by atoms with van der Waals surface area (Å²) in [5.41, 5.74) is 13.4. The molecule has 0 aliphatic carbocycles. The summed E-state index contributed by atoms with van der Waals surface area (Å²) in [7, 11) is -1.78. The predicted octanol–water partition coefficient (Wildman–Crippen LogP) is 15.6. The van der Waals surface area contributed by atoms with Gasteiger partial charge < -0.3 is 8.39 Å². The number of rotatable bonds is 7. The molecule has 276 valence electrons. The average Bonchev–Trinajstić information content (AvgIpc) is 3.38. The summed E-state index contributed by atoms with van der Waals surface area (Å²) in [6.07, 6.45) is 0. The predicted molar refractivity (Wildman–Crippen MR) is 239 cm³/mol. The van der Waals surface area contributed by atoms with Gasteiger partial charge >= 0.3 is 8.16 Å². The fraction of sp³-hybridized carbons (Fsp3) is 0.154. The van der Waals surface area contributed by atoms with Gasteiger partial charge in [-0.25, -0.2) is 0 Å². The Morgan fingerprint density at radius 3 is 1.18 bits per heavy atom. The van der Waals surface area contributed by atoms with E-state index < -0.39 is 8.16 Å². The second-order valence-electron chi connectivity index (χ2n) is 15.4. The minimum atomic E-state index is -1.78. The number of nitrogens with zero attached hydrogens (tertiary/aromatic N) is 1. The van der Waals surface area contributed by atoms with Crippen LogP contribution in [0.1, 0.15) is 59.3 Å². The van der Waals surface area contributed by atoms with E-state index >= 15 is 0 Å². The van der Waals surface area contributed by atoms with Crippen LogP contribution in [-0.4, -0.2) is 0 Å². The van der Waals surface area contributed by atoms with Gasteiger partial charge in [-0.15, -0.1) is 0 Å². The van der Waals surface area contributed by atoms with Gasteiger partial charge in [-0.3, -0.25) is 0 Å². The Morgan fingerprint density at radius 2 is 0.786 bits per heavy atom. The van der Waals surface area contributed by atoms with Crippen molar-refractivity contribution in [3.05, 3.63) is 191 Å². The number of hydrogen-bond acceptors (Lipinski definition) is 3. The third-order valence-corrected chi connectivity index (χ3v) is 13.0. The van der Waals surface area contributed by atoms with E-state index in [1.54, 1.807) is 0 Å². The topological polar surface area (TPSA) is 29.5 Å². The molecule has 0 spiro atoms. The number of hydrogen-bond donors (Lipinski definition) is 0. The molecule has 9 aromatic rings. The largest absolute Gasteiger partial charge is 0.407 e. The molecule has 4 heteroatoms. The highest BCUT2D eigenvalue weighted by atomic mass is 31.1. The molecular weight excluding hydrogens is 702 g/mol. The first-order valence-electron chi connectivity index (χ1n) is 19.6. The van der Waals surface area contributed by atoms with Crippen LogP contribution in [0.15, 0.2) is 166 Å². The molecule has 0 aliphatic heterocycles. The molecule has 0 radical (unpaired) electrons. The molecule has 0 aliphatic rings. The summed E-state index contributed by atoms with van der Waals surface area (Å²) in [4.78, 5) is 0. The van der Waals surface area contributed by atoms with E-state index in [4.69, 9.17) is 8.39 Å². The number of benzene rings is 8. The SMILES string of the molecule is Cc1cc(C)cc(-c2cc3ccccc3c3c2op(N([C@@H](C)c2ccccc2)[C@@H](C)c2ccccc2)oc2c(-c4cc(C)cc(C)c4)cc4ccccc4c23)c1. The van der Waals surface area contributed by atoms with Crippen molar-refractivity contribution < 1.29 is 8.39 Å². The molecule has 8 aromatic carbocycles. The van der Waals surface area contributed by atoms with Crippen LogP contribution in [0, 0.1) is 27.7 Å². The zero-order chi connectivity index (χ0) is 38.5. The van der Waals surface area contributed by atoms with Crippen LogP contribution < -0.4 is 4.67 Å². The van der Waals surface area contributed by atoms with Gasteiger partial charge in [0.05, 0.1) is 0 Å². The van der Waals surface area contributed by atoms with Gasteiger partial charge in [0, 0.05) is 34.0 Å². The highest BCUT2D eigenvalue weighted by Crippen LogP contribution is 2.51. The van der Waals surface area contributed by atoms with E-state index in [-0.39, 0.29) is 12.1 Å². The molecule has 0 fully saturated rings. The first-order chi connectivity index (χ1) is 27.2. The highest BCUT2D eigenvalue weighted by Gasteiger charge is 2.30. The van der Waals surface area contributed by atoms with Gasteiger partial charge in [0.15, 0.2) is 11.2 Å². The number of aryl methyl sites for hydroxylation is 4. The second kappa shape index (κ2) is 14.7. The van der Waals surface area contributed by atoms with E-state index in [9.17, 15) is 0 Å². The smallest absolute Gasteiger partial charge is 0.310 e. The van der Waals surface area contributed by atoms with E-state index in [2.05, 4.69) is 204 Å². The van der Waals surface area contributed by atoms with Gasteiger partial charge in [0.2, 0.25) is 0 Å². The summed E-state index contributed by atoms with van der Waals surface area (Å²) in [6, 6.07) is 57.2. The summed E-state index contributed by atoms with van der Waals surface area (Å²) in [5, 5.41) is 6.74. The normalized spacial score (nSPS) is 12.8. The van der Waals surface area contributed by atoms with Crippen molar-refractivity contribution in [3.63, 3.8) is 0 Å². The van der Waals surface area contributed by atoms with Crippen molar-refractivity contribution in [2.45, 2.75) is 53.6 Å². The Labute approximate surface area is 330 Å². The fourth-order valence-electron chi connectivity index (χ4n) is 8.69. The molecular formula is C52H46NO2P. The Bertz CT molecular complexity index is 2710. The van der Waals surface area contributed by atoms with Crippen molar-refractivity contribution in [3.8, 4) is 22.3 Å². The van der Waals surface area contributed by atoms with Gasteiger partial charge in [-0.05, 0) is 97.5 Å². The van der Waals surface area contributed by atoms with Crippen LogP contribution in [0.2, 0.25) is 0 Å². The van der Waals surface area contributed by atoms with Crippen LogP contribution in [-0.2, 0) is 0 Å². The Balaban J connectivity index is 1.54. The summed E-state index contributed by atoms with van der Waals surface area (Å²) >= 11 is 0. The zero-order valence-corrected chi connectivity index (χ0v) is 33.8. The van der Waals surface area contributed by atoms with Crippen LogP contribution in [0.4, 0.5) is 0 Å². The van der Waals surface area contributed by atoms with Crippen LogP contribution >= 0.6 is 8.16 Å². The third kappa shape index (κ3) is 6.52. The maximum Gasteiger partial charge on any atom is 0.310 e. The molecule has 0 saturated carbocycles. The summed E-state index contributed by atoms with van der Waals surface area (Å²) in [6.45, 7) is 13.3. The van der Waals surface area contributed by atoms with Crippen molar-refractivity contribution in [2.75, 3.05) is 4.67 Å². The highest BCUT2D eigenvalue weighted by molar-refractivity contribution is 7.39. The first-order valence-corrected chi connectivity index (χ1v) is 20.7. The molecule has 0 bridgehead atoms. The van der Waals surface area contributed by atoms with Gasteiger partial charge in [-0.2, -0.15) is 4.67 Å². The number of fused-ring (bicyclic) bond motifs is 7. The van der Waals surface area contributed by atoms with Crippen molar-refractivity contribution >= 4 is 51.6 Å². The summed E-state index contributed by atoms with van der Waals surface area (Å²) in [5.74, 6) is 0. The molecule has 0 saturated heterocycles. The van der Waals surface area contributed by atoms with E-state index in [1.165, 1.54) is 33.4 Å². The van der Waals surface area contributed by atoms with Crippen molar-refractivity contribution in [1.82, 2.24) is 0 Å². The Hall–Kier alpha value is -5.86. The summed E-state index contributed by atoms with van der Waals surface area (Å²) < 4.78 is 17.9. The lowest BCUT2D eigenvalue weighted by Crippen LogP contribution is -2.27. The van der Waals surface area contributed by atoms with Crippen molar-refractivity contribution in [2.24, 2.45) is 0 Å². The quantitative estimate of drug-likeness (QED) is 0.163. The Morgan fingerprint density at radius 1 is 0.429 bits per heavy atom. The van der Waals surface area contributed by atoms with Gasteiger partial charge in [-0.1, -0.05) is 168 Å². The second-order valence-corrected chi connectivity index (χ2v) is 16.7. The average molecular weight is 748 g/mol.